The van der Waals surface area contributed by atoms with Crippen LogP contribution in [0.2, 0.25) is 0 Å². The van der Waals surface area contributed by atoms with E-state index in [1.807, 2.05) is 18.0 Å². The summed E-state index contributed by atoms with van der Waals surface area (Å²) in [6, 6.07) is 5.39. The predicted octanol–water partition coefficient (Wildman–Crippen LogP) is 0.978. The second-order valence-electron chi connectivity index (χ2n) is 4.50. The van der Waals surface area contributed by atoms with Crippen molar-refractivity contribution in [3.63, 3.8) is 0 Å². The fourth-order valence-electron chi connectivity index (χ4n) is 1.78. The molecule has 1 heterocycles. The largest absolute Gasteiger partial charge is 0.439 e. The van der Waals surface area contributed by atoms with Gasteiger partial charge in [0.25, 0.3) is 0 Å². The van der Waals surface area contributed by atoms with E-state index in [0.717, 1.165) is 5.52 Å². The lowest BCUT2D eigenvalue weighted by Gasteiger charge is -2.13. The van der Waals surface area contributed by atoms with E-state index in [-0.39, 0.29) is 5.91 Å². The number of fused-ring (bicyclic) bond motifs is 1. The SMILES string of the molecule is CNC(=O)CCN(C)Cc1nc2ccc(N)cc2o1. The minimum absolute atomic E-state index is 0.0252. The van der Waals surface area contributed by atoms with Gasteiger partial charge in [-0.15, -0.1) is 0 Å². The van der Waals surface area contributed by atoms with Crippen LogP contribution in [0.25, 0.3) is 11.1 Å². The fraction of sp³-hybridized carbons (Fsp3) is 0.385. The number of hydrogen-bond acceptors (Lipinski definition) is 5. The van der Waals surface area contributed by atoms with Crippen molar-refractivity contribution in [3.05, 3.63) is 24.1 Å². The molecule has 0 saturated heterocycles. The van der Waals surface area contributed by atoms with Crippen LogP contribution in [0.3, 0.4) is 0 Å². The Labute approximate surface area is 111 Å². The lowest BCUT2D eigenvalue weighted by Crippen LogP contribution is -2.26. The molecule has 0 spiro atoms. The standard InChI is InChI=1S/C13H18N4O2/c1-15-12(18)5-6-17(2)8-13-16-10-4-3-9(14)7-11(10)19-13/h3-4,7H,5-6,8,14H2,1-2H3,(H,15,18). The van der Waals surface area contributed by atoms with Gasteiger partial charge in [-0.05, 0) is 19.2 Å². The van der Waals surface area contributed by atoms with E-state index in [9.17, 15) is 4.79 Å². The summed E-state index contributed by atoms with van der Waals surface area (Å²) in [4.78, 5) is 17.5. The van der Waals surface area contributed by atoms with Crippen molar-refractivity contribution >= 4 is 22.7 Å². The van der Waals surface area contributed by atoms with Gasteiger partial charge in [0.2, 0.25) is 11.8 Å². The number of nitrogen functional groups attached to an aromatic ring is 1. The van der Waals surface area contributed by atoms with Crippen molar-refractivity contribution in [1.29, 1.82) is 0 Å². The van der Waals surface area contributed by atoms with E-state index in [2.05, 4.69) is 10.3 Å². The number of nitrogens with two attached hydrogens (primary N) is 1. The van der Waals surface area contributed by atoms with Crippen molar-refractivity contribution in [2.24, 2.45) is 0 Å². The molecule has 0 atom stereocenters. The van der Waals surface area contributed by atoms with Crippen LogP contribution in [0, 0.1) is 0 Å². The average Bonchev–Trinajstić information content (AvgIpc) is 2.77. The Hall–Kier alpha value is -2.08. The molecule has 1 amide bonds. The molecule has 2 aromatic rings. The van der Waals surface area contributed by atoms with Crippen LogP contribution >= 0.6 is 0 Å². The molecule has 0 unspecified atom stereocenters. The first-order chi connectivity index (χ1) is 9.08. The Kier molecular flexibility index (Phi) is 4.01. The van der Waals surface area contributed by atoms with Crippen molar-refractivity contribution in [2.75, 3.05) is 26.4 Å². The molecule has 0 radical (unpaired) electrons. The van der Waals surface area contributed by atoms with Gasteiger partial charge in [-0.1, -0.05) is 0 Å². The molecular formula is C13H18N4O2. The van der Waals surface area contributed by atoms with Crippen molar-refractivity contribution in [2.45, 2.75) is 13.0 Å². The van der Waals surface area contributed by atoms with Crippen LogP contribution in [0.4, 0.5) is 5.69 Å². The number of carbonyl (C=O) groups is 1. The number of anilines is 1. The number of aromatic nitrogens is 1. The molecule has 2 rings (SSSR count). The predicted molar refractivity (Wildman–Crippen MR) is 73.4 cm³/mol. The Balaban J connectivity index is 1.98. The van der Waals surface area contributed by atoms with E-state index in [1.54, 1.807) is 19.2 Å². The van der Waals surface area contributed by atoms with Crippen LogP contribution in [0.1, 0.15) is 12.3 Å². The molecule has 1 aromatic carbocycles. The highest BCUT2D eigenvalue weighted by atomic mass is 16.3. The van der Waals surface area contributed by atoms with Crippen LogP contribution in [0.5, 0.6) is 0 Å². The minimum atomic E-state index is 0.0252. The summed E-state index contributed by atoms with van der Waals surface area (Å²) in [6.07, 6.45) is 0.459. The third-order valence-corrected chi connectivity index (χ3v) is 2.86. The van der Waals surface area contributed by atoms with Gasteiger partial charge < -0.3 is 15.5 Å². The second kappa shape index (κ2) is 5.71. The van der Waals surface area contributed by atoms with Crippen molar-refractivity contribution < 1.29 is 9.21 Å². The zero-order valence-corrected chi connectivity index (χ0v) is 11.1. The molecule has 0 aliphatic heterocycles. The first-order valence-corrected chi connectivity index (χ1v) is 6.12. The maximum absolute atomic E-state index is 11.2. The monoisotopic (exact) mass is 262 g/mol. The maximum Gasteiger partial charge on any atom is 0.221 e. The molecule has 3 N–H and O–H groups in total. The van der Waals surface area contributed by atoms with Gasteiger partial charge in [0, 0.05) is 31.8 Å². The van der Waals surface area contributed by atoms with E-state index in [1.165, 1.54) is 0 Å². The summed E-state index contributed by atoms with van der Waals surface area (Å²) in [5.41, 5.74) is 7.83. The maximum atomic E-state index is 11.2. The van der Waals surface area contributed by atoms with Crippen LogP contribution in [-0.2, 0) is 11.3 Å². The zero-order chi connectivity index (χ0) is 13.8. The van der Waals surface area contributed by atoms with E-state index in [0.29, 0.717) is 36.7 Å². The van der Waals surface area contributed by atoms with Crippen molar-refractivity contribution in [1.82, 2.24) is 15.2 Å². The highest BCUT2D eigenvalue weighted by Crippen LogP contribution is 2.19. The molecule has 19 heavy (non-hydrogen) atoms. The van der Waals surface area contributed by atoms with E-state index >= 15 is 0 Å². The fourth-order valence-corrected chi connectivity index (χ4v) is 1.78. The first kappa shape index (κ1) is 13.4. The average molecular weight is 262 g/mol. The van der Waals surface area contributed by atoms with Crippen LogP contribution in [0.15, 0.2) is 22.6 Å². The second-order valence-corrected chi connectivity index (χ2v) is 4.50. The Morgan fingerprint density at radius 3 is 3.05 bits per heavy atom. The van der Waals surface area contributed by atoms with Gasteiger partial charge in [0.1, 0.15) is 5.52 Å². The van der Waals surface area contributed by atoms with Gasteiger partial charge in [-0.25, -0.2) is 4.98 Å². The molecule has 0 fully saturated rings. The molecule has 0 aliphatic carbocycles. The van der Waals surface area contributed by atoms with Gasteiger partial charge in [0.15, 0.2) is 5.58 Å². The van der Waals surface area contributed by atoms with E-state index in [4.69, 9.17) is 10.2 Å². The summed E-state index contributed by atoms with van der Waals surface area (Å²) in [6.45, 7) is 1.21. The van der Waals surface area contributed by atoms with Crippen molar-refractivity contribution in [3.8, 4) is 0 Å². The Morgan fingerprint density at radius 1 is 1.53 bits per heavy atom. The highest BCUT2D eigenvalue weighted by molar-refractivity contribution is 5.76. The number of hydrogen-bond donors (Lipinski definition) is 2. The Bertz CT molecular complexity index is 579. The molecular weight excluding hydrogens is 244 g/mol. The Morgan fingerprint density at radius 2 is 2.32 bits per heavy atom. The van der Waals surface area contributed by atoms with E-state index < -0.39 is 0 Å². The minimum Gasteiger partial charge on any atom is -0.439 e. The van der Waals surface area contributed by atoms with Gasteiger partial charge in [0.05, 0.1) is 6.54 Å². The number of carbonyl (C=O) groups excluding carboxylic acids is 1. The summed E-state index contributed by atoms with van der Waals surface area (Å²) < 4.78 is 5.62. The molecule has 102 valence electrons. The number of rotatable bonds is 5. The zero-order valence-electron chi connectivity index (χ0n) is 11.1. The molecule has 0 saturated carbocycles. The number of nitrogens with zero attached hydrogens (tertiary/aromatic N) is 2. The first-order valence-electron chi connectivity index (χ1n) is 6.12. The van der Waals surface area contributed by atoms with Gasteiger partial charge in [-0.3, -0.25) is 9.69 Å². The quantitative estimate of drug-likeness (QED) is 0.785. The lowest BCUT2D eigenvalue weighted by atomic mass is 10.3. The van der Waals surface area contributed by atoms with Crippen LogP contribution in [-0.4, -0.2) is 36.4 Å². The third kappa shape index (κ3) is 3.45. The van der Waals surface area contributed by atoms with Gasteiger partial charge >= 0.3 is 0 Å². The molecule has 0 bridgehead atoms. The smallest absolute Gasteiger partial charge is 0.221 e. The summed E-state index contributed by atoms with van der Waals surface area (Å²) in [5, 5.41) is 2.59. The number of benzene rings is 1. The highest BCUT2D eigenvalue weighted by Gasteiger charge is 2.09. The van der Waals surface area contributed by atoms with Gasteiger partial charge in [-0.2, -0.15) is 0 Å². The third-order valence-electron chi connectivity index (χ3n) is 2.86. The lowest BCUT2D eigenvalue weighted by molar-refractivity contribution is -0.120. The summed E-state index contributed by atoms with van der Waals surface area (Å²) in [7, 11) is 3.56. The normalized spacial score (nSPS) is 11.1. The molecule has 6 nitrogen and oxygen atoms in total. The number of oxazole rings is 1. The number of amides is 1. The molecule has 0 aliphatic rings. The topological polar surface area (TPSA) is 84.4 Å². The molecule has 1 aromatic heterocycles. The summed E-state index contributed by atoms with van der Waals surface area (Å²) in [5.74, 6) is 0.650. The molecule has 6 heteroatoms. The number of nitrogens with one attached hydrogen (secondary N) is 1. The van der Waals surface area contributed by atoms with Crippen LogP contribution < -0.4 is 11.1 Å². The summed E-state index contributed by atoms with van der Waals surface area (Å²) >= 11 is 0.